The number of carboxylic acid groups (broad SMARTS) is 1. The lowest BCUT2D eigenvalue weighted by Crippen LogP contribution is -2.37. The fourth-order valence-corrected chi connectivity index (χ4v) is 5.86. The molecule has 13 nitrogen and oxygen atoms in total. The van der Waals surface area contributed by atoms with Crippen LogP contribution < -0.4 is 10.2 Å². The SMILES string of the molecule is Cn1nc(CCN2CCOCC2)c2ccc(-c3cc(Nc4ccc(-c5ccnn5C(=O)O)cc4)nc(N4CCOCC4)n3)cc21. The van der Waals surface area contributed by atoms with Crippen LogP contribution in [0.4, 0.5) is 22.2 Å². The molecule has 0 radical (unpaired) electrons. The summed E-state index contributed by atoms with van der Waals surface area (Å²) >= 11 is 0. The quantitative estimate of drug-likeness (QED) is 0.265. The van der Waals surface area contributed by atoms with Gasteiger partial charge in [-0.3, -0.25) is 9.58 Å². The Labute approximate surface area is 260 Å². The molecule has 2 N–H and O–H groups in total. The van der Waals surface area contributed by atoms with E-state index in [1.165, 1.54) is 6.20 Å². The van der Waals surface area contributed by atoms with Crippen LogP contribution in [-0.4, -0.2) is 105 Å². The molecule has 0 saturated carbocycles. The molecular weight excluding hydrogens is 574 g/mol. The number of hydrogen-bond donors (Lipinski definition) is 2. The van der Waals surface area contributed by atoms with E-state index in [4.69, 9.17) is 24.5 Å². The Morgan fingerprint density at radius 1 is 0.911 bits per heavy atom. The van der Waals surface area contributed by atoms with Crippen molar-refractivity contribution in [3.8, 4) is 22.5 Å². The van der Waals surface area contributed by atoms with Crippen molar-refractivity contribution >= 4 is 34.4 Å². The van der Waals surface area contributed by atoms with Gasteiger partial charge in [0.05, 0.1) is 55.2 Å². The Hall–Kier alpha value is -4.85. The molecule has 0 spiro atoms. The summed E-state index contributed by atoms with van der Waals surface area (Å²) in [5, 5.41) is 22.8. The Morgan fingerprint density at radius 3 is 2.40 bits per heavy atom. The van der Waals surface area contributed by atoms with Gasteiger partial charge in [0.25, 0.3) is 0 Å². The summed E-state index contributed by atoms with van der Waals surface area (Å²) in [6.07, 6.45) is 1.23. The van der Waals surface area contributed by atoms with Gasteiger partial charge in [0.1, 0.15) is 5.82 Å². The Kier molecular flexibility index (Phi) is 8.11. The van der Waals surface area contributed by atoms with Crippen molar-refractivity contribution in [2.75, 3.05) is 69.4 Å². The molecule has 45 heavy (non-hydrogen) atoms. The minimum absolute atomic E-state index is 0.503. The van der Waals surface area contributed by atoms with E-state index in [9.17, 15) is 9.90 Å². The molecule has 3 aromatic heterocycles. The topological polar surface area (TPSA) is 136 Å². The molecule has 0 amide bonds. The molecule has 5 heterocycles. The molecule has 7 rings (SSSR count). The molecule has 0 unspecified atom stereocenters. The van der Waals surface area contributed by atoms with E-state index >= 15 is 0 Å². The van der Waals surface area contributed by atoms with E-state index in [1.807, 2.05) is 42.1 Å². The van der Waals surface area contributed by atoms with E-state index in [-0.39, 0.29) is 0 Å². The van der Waals surface area contributed by atoms with Crippen molar-refractivity contribution < 1.29 is 19.4 Å². The third kappa shape index (κ3) is 6.23. The van der Waals surface area contributed by atoms with Crippen LogP contribution >= 0.6 is 0 Å². The predicted molar refractivity (Wildman–Crippen MR) is 170 cm³/mol. The highest BCUT2D eigenvalue weighted by molar-refractivity contribution is 5.87. The van der Waals surface area contributed by atoms with Gasteiger partial charge in [0.15, 0.2) is 0 Å². The van der Waals surface area contributed by atoms with Crippen molar-refractivity contribution in [1.29, 1.82) is 0 Å². The maximum absolute atomic E-state index is 11.5. The number of fused-ring (bicyclic) bond motifs is 1. The Balaban J connectivity index is 1.17. The first-order valence-corrected chi connectivity index (χ1v) is 15.1. The molecule has 2 fully saturated rings. The summed E-state index contributed by atoms with van der Waals surface area (Å²) in [5.41, 5.74) is 5.98. The van der Waals surface area contributed by atoms with Gasteiger partial charge < -0.3 is 24.8 Å². The molecular formula is C32H35N9O4. The van der Waals surface area contributed by atoms with Gasteiger partial charge >= 0.3 is 6.09 Å². The van der Waals surface area contributed by atoms with Crippen molar-refractivity contribution in [3.05, 3.63) is 66.5 Å². The average molecular weight is 610 g/mol. The zero-order chi connectivity index (χ0) is 30.8. The van der Waals surface area contributed by atoms with Crippen LogP contribution in [0, 0.1) is 0 Å². The second-order valence-corrected chi connectivity index (χ2v) is 11.2. The van der Waals surface area contributed by atoms with Crippen molar-refractivity contribution in [3.63, 3.8) is 0 Å². The summed E-state index contributed by atoms with van der Waals surface area (Å²) in [5.74, 6) is 1.29. The molecule has 0 aliphatic carbocycles. The van der Waals surface area contributed by atoms with Crippen LogP contribution in [0.3, 0.4) is 0 Å². The maximum atomic E-state index is 11.5. The zero-order valence-corrected chi connectivity index (χ0v) is 25.1. The van der Waals surface area contributed by atoms with Gasteiger partial charge in [-0.2, -0.15) is 19.9 Å². The fourth-order valence-electron chi connectivity index (χ4n) is 5.86. The van der Waals surface area contributed by atoms with Crippen molar-refractivity contribution in [2.45, 2.75) is 6.42 Å². The summed E-state index contributed by atoms with van der Waals surface area (Å²) < 4.78 is 14.0. The first-order valence-electron chi connectivity index (χ1n) is 15.1. The molecule has 232 valence electrons. The van der Waals surface area contributed by atoms with Crippen molar-refractivity contribution in [1.82, 2.24) is 34.4 Å². The first kappa shape index (κ1) is 28.9. The molecule has 2 aliphatic heterocycles. The standard InChI is InChI=1S/C32H35N9O4/c1-38-29-20-23(4-7-25(29)26(37-38)9-11-39-12-16-44-17-13-39)27-21-30(36-31(35-27)40-14-18-45-19-15-40)34-24-5-2-22(3-6-24)28-8-10-33-41(28)32(42)43/h2-8,10,20-21H,9,11-19H2,1H3,(H,42,43)(H,34,35,36). The number of anilines is 3. The predicted octanol–water partition coefficient (Wildman–Crippen LogP) is 3.87. The number of morpholine rings is 2. The molecule has 2 aromatic carbocycles. The maximum Gasteiger partial charge on any atom is 0.432 e. The zero-order valence-electron chi connectivity index (χ0n) is 25.1. The summed E-state index contributed by atoms with van der Waals surface area (Å²) in [7, 11) is 1.99. The lowest BCUT2D eigenvalue weighted by molar-refractivity contribution is 0.0383. The third-order valence-electron chi connectivity index (χ3n) is 8.28. The molecule has 13 heteroatoms. The summed E-state index contributed by atoms with van der Waals surface area (Å²) in [4.78, 5) is 25.9. The van der Waals surface area contributed by atoms with E-state index in [0.717, 1.165) is 83.1 Å². The number of carbonyl (C=O) groups is 1. The van der Waals surface area contributed by atoms with Gasteiger partial charge in [-0.15, -0.1) is 0 Å². The Bertz CT molecular complexity index is 1810. The second kappa shape index (κ2) is 12.6. The molecule has 2 aliphatic rings. The number of nitrogens with zero attached hydrogens (tertiary/aromatic N) is 8. The Morgan fingerprint density at radius 2 is 1.64 bits per heavy atom. The minimum atomic E-state index is -1.13. The summed E-state index contributed by atoms with van der Waals surface area (Å²) in [6.45, 7) is 7.14. The number of rotatable bonds is 8. The average Bonchev–Trinajstić information content (AvgIpc) is 3.70. The smallest absolute Gasteiger partial charge is 0.432 e. The van der Waals surface area contributed by atoms with E-state index in [0.29, 0.717) is 43.8 Å². The lowest BCUT2D eigenvalue weighted by atomic mass is 10.1. The van der Waals surface area contributed by atoms with Crippen molar-refractivity contribution in [2.24, 2.45) is 7.05 Å². The minimum Gasteiger partial charge on any atom is -0.463 e. The largest absolute Gasteiger partial charge is 0.463 e. The molecule has 2 saturated heterocycles. The highest BCUT2D eigenvalue weighted by atomic mass is 16.5. The van der Waals surface area contributed by atoms with Crippen LogP contribution in [-0.2, 0) is 22.9 Å². The fraction of sp³-hybridized carbons (Fsp3) is 0.344. The van der Waals surface area contributed by atoms with Gasteiger partial charge in [-0.25, -0.2) is 9.78 Å². The number of benzene rings is 2. The van der Waals surface area contributed by atoms with Crippen LogP contribution in [0.1, 0.15) is 5.69 Å². The van der Waals surface area contributed by atoms with E-state index in [2.05, 4.69) is 38.4 Å². The van der Waals surface area contributed by atoms with Gasteiger partial charge in [-0.1, -0.05) is 24.3 Å². The number of nitrogens with one attached hydrogen (secondary N) is 1. The number of aryl methyl sites for hydroxylation is 1. The number of hydrogen-bond acceptors (Lipinski definition) is 10. The van der Waals surface area contributed by atoms with E-state index in [1.54, 1.807) is 6.07 Å². The highest BCUT2D eigenvalue weighted by Gasteiger charge is 2.19. The van der Waals surface area contributed by atoms with E-state index < -0.39 is 6.09 Å². The van der Waals surface area contributed by atoms with Gasteiger partial charge in [0, 0.05) is 74.5 Å². The van der Waals surface area contributed by atoms with Crippen LogP contribution in [0.2, 0.25) is 0 Å². The second-order valence-electron chi connectivity index (χ2n) is 11.2. The monoisotopic (exact) mass is 609 g/mol. The number of ether oxygens (including phenoxy) is 2. The highest BCUT2D eigenvalue weighted by Crippen LogP contribution is 2.30. The first-order chi connectivity index (χ1) is 22.0. The lowest BCUT2D eigenvalue weighted by Gasteiger charge is -2.27. The van der Waals surface area contributed by atoms with Gasteiger partial charge in [0.2, 0.25) is 5.95 Å². The third-order valence-corrected chi connectivity index (χ3v) is 8.28. The van der Waals surface area contributed by atoms with Crippen LogP contribution in [0.5, 0.6) is 0 Å². The summed E-state index contributed by atoms with van der Waals surface area (Å²) in [6, 6.07) is 17.5. The molecule has 0 bridgehead atoms. The number of aromatic nitrogens is 6. The molecule has 0 atom stereocenters. The van der Waals surface area contributed by atoms with Gasteiger partial charge in [-0.05, 0) is 24.3 Å². The normalized spacial score (nSPS) is 15.9. The van der Waals surface area contributed by atoms with Crippen LogP contribution in [0.25, 0.3) is 33.4 Å². The molecule has 5 aromatic rings. The van der Waals surface area contributed by atoms with Crippen LogP contribution in [0.15, 0.2) is 60.8 Å².